The number of benzene rings is 1. The van der Waals surface area contributed by atoms with Crippen LogP contribution in [0.5, 0.6) is 0 Å². The molecule has 0 aromatic heterocycles. The van der Waals surface area contributed by atoms with Crippen LogP contribution in [-0.2, 0) is 0 Å². The summed E-state index contributed by atoms with van der Waals surface area (Å²) in [7, 11) is 0. The Morgan fingerprint density at radius 2 is 2.00 bits per heavy atom. The molecular weight excluding hydrogens is 268 g/mol. The largest absolute Gasteiger partial charge is 0.310 e. The molecule has 2 bridgehead atoms. The third-order valence-corrected chi connectivity index (χ3v) is 5.45. The standard InChI is InChI=1S/C18H25F2N/c1-3-6-21-18(14-9-12-4-5-13(14)8-12)15-10-16(19)11(2)7-17(15)20/h7,10,12-14,18,21H,3-6,8-9H2,1-2H3. The molecular formula is C18H25F2N. The number of fused-ring (bicyclic) bond motifs is 2. The zero-order chi connectivity index (χ0) is 15.0. The normalized spacial score (nSPS) is 29.0. The van der Waals surface area contributed by atoms with E-state index in [1.54, 1.807) is 6.92 Å². The molecule has 2 fully saturated rings. The number of halogens is 2. The third-order valence-electron chi connectivity index (χ3n) is 5.45. The van der Waals surface area contributed by atoms with Gasteiger partial charge in [-0.1, -0.05) is 13.3 Å². The number of hydrogen-bond acceptors (Lipinski definition) is 1. The summed E-state index contributed by atoms with van der Waals surface area (Å²) in [5.41, 5.74) is 0.919. The average Bonchev–Trinajstić information content (AvgIpc) is 3.07. The quantitative estimate of drug-likeness (QED) is 0.826. The van der Waals surface area contributed by atoms with Crippen molar-refractivity contribution in [3.05, 3.63) is 34.9 Å². The molecule has 4 atom stereocenters. The Morgan fingerprint density at radius 1 is 1.19 bits per heavy atom. The van der Waals surface area contributed by atoms with E-state index in [2.05, 4.69) is 12.2 Å². The van der Waals surface area contributed by atoms with Gasteiger partial charge >= 0.3 is 0 Å². The van der Waals surface area contributed by atoms with Crippen molar-refractivity contribution in [1.82, 2.24) is 5.32 Å². The fourth-order valence-electron chi connectivity index (χ4n) is 4.39. The molecule has 0 aliphatic heterocycles. The van der Waals surface area contributed by atoms with Gasteiger partial charge in [-0.3, -0.25) is 0 Å². The highest BCUT2D eigenvalue weighted by atomic mass is 19.1. The highest BCUT2D eigenvalue weighted by Crippen LogP contribution is 2.52. The summed E-state index contributed by atoms with van der Waals surface area (Å²) < 4.78 is 28.3. The van der Waals surface area contributed by atoms with E-state index >= 15 is 0 Å². The van der Waals surface area contributed by atoms with Crippen LogP contribution < -0.4 is 5.32 Å². The SMILES string of the molecule is CCCNC(c1cc(F)c(C)cc1F)C1CC2CCC1C2. The Bertz CT molecular complexity index is 514. The van der Waals surface area contributed by atoms with E-state index in [-0.39, 0.29) is 17.7 Å². The van der Waals surface area contributed by atoms with Crippen molar-refractivity contribution in [1.29, 1.82) is 0 Å². The Hall–Kier alpha value is -0.960. The lowest BCUT2D eigenvalue weighted by Crippen LogP contribution is -2.32. The van der Waals surface area contributed by atoms with Gasteiger partial charge < -0.3 is 5.32 Å². The van der Waals surface area contributed by atoms with Crippen LogP contribution in [-0.4, -0.2) is 6.54 Å². The molecule has 1 N–H and O–H groups in total. The second kappa shape index (κ2) is 6.04. The van der Waals surface area contributed by atoms with Gasteiger partial charge in [0.05, 0.1) is 0 Å². The van der Waals surface area contributed by atoms with Gasteiger partial charge in [0, 0.05) is 11.6 Å². The maximum atomic E-state index is 14.4. The highest BCUT2D eigenvalue weighted by molar-refractivity contribution is 5.29. The molecule has 0 radical (unpaired) electrons. The lowest BCUT2D eigenvalue weighted by atomic mass is 9.80. The Morgan fingerprint density at radius 3 is 2.62 bits per heavy atom. The van der Waals surface area contributed by atoms with Gasteiger partial charge in [0.25, 0.3) is 0 Å². The topological polar surface area (TPSA) is 12.0 Å². The van der Waals surface area contributed by atoms with Gasteiger partial charge in [0.2, 0.25) is 0 Å². The van der Waals surface area contributed by atoms with Crippen LogP contribution in [0, 0.1) is 36.3 Å². The maximum absolute atomic E-state index is 14.4. The summed E-state index contributed by atoms with van der Waals surface area (Å²) >= 11 is 0. The van der Waals surface area contributed by atoms with Crippen LogP contribution in [0.2, 0.25) is 0 Å². The minimum absolute atomic E-state index is 0.0321. The first kappa shape index (κ1) is 15.0. The number of rotatable bonds is 5. The Labute approximate surface area is 126 Å². The summed E-state index contributed by atoms with van der Waals surface area (Å²) in [6, 6.07) is 2.73. The molecule has 0 spiro atoms. The van der Waals surface area contributed by atoms with E-state index in [1.807, 2.05) is 0 Å². The molecule has 2 aliphatic carbocycles. The highest BCUT2D eigenvalue weighted by Gasteiger charge is 2.43. The van der Waals surface area contributed by atoms with Crippen molar-refractivity contribution in [2.75, 3.05) is 6.54 Å². The van der Waals surface area contributed by atoms with Crippen LogP contribution in [0.25, 0.3) is 0 Å². The van der Waals surface area contributed by atoms with E-state index in [0.717, 1.165) is 18.9 Å². The molecule has 3 heteroatoms. The first-order valence-corrected chi connectivity index (χ1v) is 8.29. The summed E-state index contributed by atoms with van der Waals surface area (Å²) in [6.45, 7) is 4.58. The molecule has 0 saturated heterocycles. The monoisotopic (exact) mass is 293 g/mol. The number of nitrogens with one attached hydrogen (secondary N) is 1. The van der Waals surface area contributed by atoms with Crippen LogP contribution in [0.1, 0.15) is 56.2 Å². The smallest absolute Gasteiger partial charge is 0.128 e. The van der Waals surface area contributed by atoms with E-state index < -0.39 is 0 Å². The van der Waals surface area contributed by atoms with E-state index in [4.69, 9.17) is 0 Å². The van der Waals surface area contributed by atoms with E-state index in [9.17, 15) is 8.78 Å². The zero-order valence-corrected chi connectivity index (χ0v) is 13.0. The molecule has 2 aliphatic rings. The number of aryl methyl sites for hydroxylation is 1. The van der Waals surface area contributed by atoms with Crippen LogP contribution in [0.4, 0.5) is 8.78 Å². The van der Waals surface area contributed by atoms with Gasteiger partial charge in [-0.2, -0.15) is 0 Å². The van der Waals surface area contributed by atoms with Gasteiger partial charge in [-0.05, 0) is 74.6 Å². The van der Waals surface area contributed by atoms with Crippen LogP contribution >= 0.6 is 0 Å². The van der Waals surface area contributed by atoms with Gasteiger partial charge in [-0.25, -0.2) is 8.78 Å². The first-order valence-electron chi connectivity index (χ1n) is 8.29. The van der Waals surface area contributed by atoms with Crippen molar-refractivity contribution in [2.24, 2.45) is 17.8 Å². The van der Waals surface area contributed by atoms with Gasteiger partial charge in [-0.15, -0.1) is 0 Å². The Kier molecular flexibility index (Phi) is 4.30. The lowest BCUT2D eigenvalue weighted by molar-refractivity contribution is 0.246. The molecule has 1 aromatic carbocycles. The van der Waals surface area contributed by atoms with E-state index in [1.165, 1.54) is 37.8 Å². The maximum Gasteiger partial charge on any atom is 0.128 e. The predicted molar refractivity (Wildman–Crippen MR) is 81.1 cm³/mol. The summed E-state index contributed by atoms with van der Waals surface area (Å²) in [5, 5.41) is 3.49. The predicted octanol–water partition coefficient (Wildman–Crippen LogP) is 4.75. The Balaban J connectivity index is 1.90. The third kappa shape index (κ3) is 2.85. The molecule has 3 rings (SSSR count). The van der Waals surface area contributed by atoms with Crippen molar-refractivity contribution in [2.45, 2.75) is 52.0 Å². The number of hydrogen-bond donors (Lipinski definition) is 1. The molecule has 0 heterocycles. The van der Waals surface area contributed by atoms with Crippen molar-refractivity contribution in [3.8, 4) is 0 Å². The molecule has 0 amide bonds. The minimum Gasteiger partial charge on any atom is -0.310 e. The van der Waals surface area contributed by atoms with Crippen molar-refractivity contribution >= 4 is 0 Å². The molecule has 116 valence electrons. The summed E-state index contributed by atoms with van der Waals surface area (Å²) in [5.74, 6) is 1.41. The second-order valence-corrected chi connectivity index (χ2v) is 6.89. The molecule has 2 saturated carbocycles. The molecule has 21 heavy (non-hydrogen) atoms. The van der Waals surface area contributed by atoms with Crippen molar-refractivity contribution < 1.29 is 8.78 Å². The van der Waals surface area contributed by atoms with Gasteiger partial charge in [0.15, 0.2) is 0 Å². The van der Waals surface area contributed by atoms with Gasteiger partial charge in [0.1, 0.15) is 11.6 Å². The van der Waals surface area contributed by atoms with Crippen LogP contribution in [0.15, 0.2) is 12.1 Å². The summed E-state index contributed by atoms with van der Waals surface area (Å²) in [6.07, 6.45) is 6.04. The minimum atomic E-state index is -0.294. The first-order chi connectivity index (χ1) is 10.1. The zero-order valence-electron chi connectivity index (χ0n) is 13.0. The molecule has 4 unspecified atom stereocenters. The molecule has 1 nitrogen and oxygen atoms in total. The fourth-order valence-corrected chi connectivity index (χ4v) is 4.39. The van der Waals surface area contributed by atoms with Crippen molar-refractivity contribution in [3.63, 3.8) is 0 Å². The lowest BCUT2D eigenvalue weighted by Gasteiger charge is -2.32. The fraction of sp³-hybridized carbons (Fsp3) is 0.667. The van der Waals surface area contributed by atoms with E-state index in [0.29, 0.717) is 23.0 Å². The van der Waals surface area contributed by atoms with Crippen LogP contribution in [0.3, 0.4) is 0 Å². The summed E-state index contributed by atoms with van der Waals surface area (Å²) in [4.78, 5) is 0. The average molecular weight is 293 g/mol. The second-order valence-electron chi connectivity index (χ2n) is 6.89. The molecule has 1 aromatic rings.